The van der Waals surface area contributed by atoms with Crippen LogP contribution in [0.5, 0.6) is 0 Å². The molecule has 4 nitrogen and oxygen atoms in total. The second-order valence-corrected chi connectivity index (χ2v) is 11.9. The van der Waals surface area contributed by atoms with E-state index in [1.54, 1.807) is 18.3 Å². The van der Waals surface area contributed by atoms with Crippen molar-refractivity contribution in [3.63, 3.8) is 0 Å². The summed E-state index contributed by atoms with van der Waals surface area (Å²) >= 11 is 1.38. The Kier molecular flexibility index (Phi) is 6.96. The fourth-order valence-corrected chi connectivity index (χ4v) is 5.81. The van der Waals surface area contributed by atoms with Gasteiger partial charge in [0.25, 0.3) is 0 Å². The number of thiophene rings is 1. The minimum absolute atomic E-state index is 0. The summed E-state index contributed by atoms with van der Waals surface area (Å²) in [5.74, 6) is 0. The molecule has 42 heavy (non-hydrogen) atoms. The van der Waals surface area contributed by atoms with Gasteiger partial charge in [0.15, 0.2) is 0 Å². The van der Waals surface area contributed by atoms with Gasteiger partial charge < -0.3 is 14.4 Å². The molecule has 7 rings (SSSR count). The summed E-state index contributed by atoms with van der Waals surface area (Å²) in [4.78, 5) is 13.8. The molecule has 0 fully saturated rings. The molecule has 5 aromatic heterocycles. The first-order valence-electron chi connectivity index (χ1n) is 15.8. The number of furan rings is 1. The third-order valence-electron chi connectivity index (χ3n) is 6.36. The Morgan fingerprint density at radius 3 is 2.60 bits per heavy atom. The Balaban J connectivity index is 0.000000260. The first-order valence-corrected chi connectivity index (χ1v) is 14.1. The molecule has 213 valence electrons. The van der Waals surface area contributed by atoms with E-state index >= 15 is 0 Å². The Bertz CT molecular complexity index is 2170. The normalized spacial score (nSPS) is 13.8. The van der Waals surface area contributed by atoms with E-state index in [9.17, 15) is 0 Å². The van der Waals surface area contributed by atoms with Crippen molar-refractivity contribution in [1.29, 1.82) is 0 Å². The van der Waals surface area contributed by atoms with E-state index in [1.165, 1.54) is 23.0 Å². The van der Waals surface area contributed by atoms with Crippen LogP contribution in [0.2, 0.25) is 0 Å². The van der Waals surface area contributed by atoms with Crippen molar-refractivity contribution < 1.29 is 31.4 Å². The van der Waals surface area contributed by atoms with Crippen LogP contribution < -0.4 is 0 Å². The summed E-state index contributed by atoms with van der Waals surface area (Å²) in [7, 11) is 0. The number of aromatic nitrogens is 3. The Hall–Kier alpha value is -3.70. The van der Waals surface area contributed by atoms with Crippen molar-refractivity contribution in [1.82, 2.24) is 15.0 Å². The van der Waals surface area contributed by atoms with Crippen molar-refractivity contribution in [3.8, 4) is 22.5 Å². The summed E-state index contributed by atoms with van der Waals surface area (Å²) in [6, 6.07) is 28.9. The van der Waals surface area contributed by atoms with Crippen LogP contribution >= 0.6 is 11.3 Å². The number of fused-ring (bicyclic) bond motifs is 4. The average molecular weight is 751 g/mol. The van der Waals surface area contributed by atoms with Gasteiger partial charge in [-0.05, 0) is 66.5 Å². The summed E-state index contributed by atoms with van der Waals surface area (Å²) in [6.07, 6.45) is 2.05. The quantitative estimate of drug-likeness (QED) is 0.169. The van der Waals surface area contributed by atoms with Gasteiger partial charge in [-0.25, -0.2) is 4.98 Å². The standard InChI is InChI=1S/C24H21N2OS.C12H10N.Ir/c1-14-8-9-18-17-6-5-7-19(21(17)27-23(18)26-14)20-22-15(10-11-25-20)12-16(28-22)13-24(2,3)4;1-10-7-8-12(13-9-10)11-5-3-2-4-6-11;/h5-6,8-12H,13H2,1-4H3;2-5,7-9H,1H3;/q2*-1;/i1D3,13D2;;. The molecule has 0 aliphatic rings. The molecule has 0 unspecified atom stereocenters. The van der Waals surface area contributed by atoms with Gasteiger partial charge in [-0.3, -0.25) is 0 Å². The predicted octanol–water partition coefficient (Wildman–Crippen LogP) is 9.81. The second kappa shape index (κ2) is 12.3. The number of benzene rings is 2. The summed E-state index contributed by atoms with van der Waals surface area (Å²) in [5.41, 5.74) is 4.67. The zero-order valence-electron chi connectivity index (χ0n) is 28.6. The van der Waals surface area contributed by atoms with Gasteiger partial charge in [0, 0.05) is 65.7 Å². The van der Waals surface area contributed by atoms with Crippen LogP contribution in [-0.2, 0) is 26.5 Å². The third kappa shape index (κ3) is 6.36. The molecule has 7 aromatic rings. The van der Waals surface area contributed by atoms with Crippen molar-refractivity contribution in [2.45, 2.75) is 40.9 Å². The Labute approximate surface area is 271 Å². The molecule has 0 atom stereocenters. The molecule has 0 N–H and O–H groups in total. The smallest absolute Gasteiger partial charge is 0.216 e. The van der Waals surface area contributed by atoms with Crippen molar-refractivity contribution >= 4 is 43.5 Å². The van der Waals surface area contributed by atoms with Crippen LogP contribution in [0.4, 0.5) is 0 Å². The summed E-state index contributed by atoms with van der Waals surface area (Å²) in [5, 5.41) is 2.41. The van der Waals surface area contributed by atoms with Crippen LogP contribution in [0.25, 0.3) is 54.7 Å². The Morgan fingerprint density at radius 2 is 1.86 bits per heavy atom. The van der Waals surface area contributed by atoms with Crippen molar-refractivity contribution in [3.05, 3.63) is 113 Å². The molecule has 5 heterocycles. The number of nitrogens with zero attached hydrogens (tertiary/aromatic N) is 3. The molecule has 6 heteroatoms. The van der Waals surface area contributed by atoms with Crippen molar-refractivity contribution in [2.24, 2.45) is 5.41 Å². The number of rotatable bonds is 3. The van der Waals surface area contributed by atoms with Gasteiger partial charge in [-0.15, -0.1) is 65.4 Å². The monoisotopic (exact) mass is 751 g/mol. The van der Waals surface area contributed by atoms with Crippen molar-refractivity contribution in [2.75, 3.05) is 0 Å². The van der Waals surface area contributed by atoms with Crippen LogP contribution in [-0.4, -0.2) is 15.0 Å². The van der Waals surface area contributed by atoms with Gasteiger partial charge in [0.05, 0.1) is 5.58 Å². The molecule has 0 spiro atoms. The summed E-state index contributed by atoms with van der Waals surface area (Å²) in [6.45, 7) is 5.38. The Morgan fingerprint density at radius 1 is 0.976 bits per heavy atom. The predicted molar refractivity (Wildman–Crippen MR) is 170 cm³/mol. The van der Waals surface area contributed by atoms with E-state index in [0.29, 0.717) is 21.7 Å². The number of pyridine rings is 3. The molecule has 0 amide bonds. The maximum Gasteiger partial charge on any atom is 0.216 e. The van der Waals surface area contributed by atoms with Crippen LogP contribution in [0, 0.1) is 31.3 Å². The molecule has 1 radical (unpaired) electrons. The fraction of sp³-hybridized carbons (Fsp3) is 0.194. The molecular formula is C36H31IrN3OS-2. The van der Waals surface area contributed by atoms with Gasteiger partial charge in [0.1, 0.15) is 0 Å². The maximum absolute atomic E-state index is 8.68. The van der Waals surface area contributed by atoms with E-state index in [0.717, 1.165) is 32.1 Å². The average Bonchev–Trinajstić information content (AvgIpc) is 3.63. The zero-order chi connectivity index (χ0) is 32.9. The number of hydrogen-bond acceptors (Lipinski definition) is 5. The minimum atomic E-state index is -2.32. The number of hydrogen-bond donors (Lipinski definition) is 0. The first kappa shape index (κ1) is 23.8. The molecule has 2 aromatic carbocycles. The summed E-state index contributed by atoms with van der Waals surface area (Å²) < 4.78 is 47.1. The van der Waals surface area contributed by atoms with Gasteiger partial charge in [-0.1, -0.05) is 43.9 Å². The molecule has 0 aliphatic heterocycles. The first-order chi connectivity index (χ1) is 21.7. The van der Waals surface area contributed by atoms with Gasteiger partial charge in [0.2, 0.25) is 5.71 Å². The molecule has 0 saturated carbocycles. The maximum atomic E-state index is 8.68. The molecule has 0 bridgehead atoms. The molecule has 0 aliphatic carbocycles. The largest absolute Gasteiger partial charge is 0.486 e. The van der Waals surface area contributed by atoms with Crippen LogP contribution in [0.3, 0.4) is 0 Å². The van der Waals surface area contributed by atoms with E-state index in [-0.39, 0.29) is 31.5 Å². The zero-order valence-corrected chi connectivity index (χ0v) is 26.8. The van der Waals surface area contributed by atoms with Gasteiger partial charge in [-0.2, -0.15) is 0 Å². The van der Waals surface area contributed by atoms with Crippen LogP contribution in [0.1, 0.15) is 43.8 Å². The third-order valence-corrected chi connectivity index (χ3v) is 7.44. The minimum Gasteiger partial charge on any atom is -0.486 e. The van der Waals surface area contributed by atoms with E-state index in [2.05, 4.69) is 33.2 Å². The SMILES string of the molecule is Cc1ccc(-c2[c-]cccc2)nc1.[2H]C([2H])([2H])c1ccc2c(n1)oc1c(-c3nccc4cc(C([2H])([2H])C(C)(C)C)sc34)[c-]ccc12.[Ir]. The topological polar surface area (TPSA) is 51.8 Å². The van der Waals surface area contributed by atoms with E-state index in [1.807, 2.05) is 82.4 Å². The van der Waals surface area contributed by atoms with Gasteiger partial charge >= 0.3 is 0 Å². The number of aryl methyl sites for hydroxylation is 2. The fourth-order valence-electron chi connectivity index (χ4n) is 4.55. The van der Waals surface area contributed by atoms with Crippen LogP contribution in [0.15, 0.2) is 89.6 Å². The van der Waals surface area contributed by atoms with E-state index < -0.39 is 18.6 Å². The molecule has 0 saturated heterocycles. The van der Waals surface area contributed by atoms with E-state index in [4.69, 9.17) is 11.3 Å². The second-order valence-electron chi connectivity index (χ2n) is 10.8. The molecular weight excluding hydrogens is 715 g/mol.